The Morgan fingerprint density at radius 3 is 2.77 bits per heavy atom. The molecule has 154 valence electrons. The van der Waals surface area contributed by atoms with Gasteiger partial charge in [0.05, 0.1) is 10.7 Å². The van der Waals surface area contributed by atoms with E-state index in [-0.39, 0.29) is 17.9 Å². The van der Waals surface area contributed by atoms with Gasteiger partial charge < -0.3 is 20.3 Å². The molecule has 3 N–H and O–H groups in total. The summed E-state index contributed by atoms with van der Waals surface area (Å²) in [6.07, 6.45) is 3.07. The number of carboxylic acids is 1. The van der Waals surface area contributed by atoms with Crippen LogP contribution in [0.15, 0.2) is 48.7 Å². The number of carbonyl (C=O) groups is 3. The second kappa shape index (κ2) is 8.20. The van der Waals surface area contributed by atoms with Gasteiger partial charge in [0, 0.05) is 42.0 Å². The molecule has 0 bridgehead atoms. The molecule has 2 aromatic carbocycles. The van der Waals surface area contributed by atoms with Crippen LogP contribution in [0.1, 0.15) is 28.8 Å². The van der Waals surface area contributed by atoms with Crippen LogP contribution in [-0.4, -0.2) is 40.5 Å². The maximum atomic E-state index is 12.8. The number of hydrogen-bond acceptors (Lipinski definition) is 3. The van der Waals surface area contributed by atoms with Gasteiger partial charge in [0.1, 0.15) is 6.04 Å². The predicted molar refractivity (Wildman–Crippen MR) is 114 cm³/mol. The Morgan fingerprint density at radius 2 is 2.03 bits per heavy atom. The Morgan fingerprint density at radius 1 is 1.23 bits per heavy atom. The summed E-state index contributed by atoms with van der Waals surface area (Å²) in [7, 11) is 0. The molecule has 0 radical (unpaired) electrons. The van der Waals surface area contributed by atoms with E-state index in [0.717, 1.165) is 22.9 Å². The van der Waals surface area contributed by atoms with Crippen LogP contribution < -0.4 is 10.2 Å². The Labute approximate surface area is 177 Å². The highest BCUT2D eigenvalue weighted by atomic mass is 35.5. The number of nitrogens with zero attached hydrogens (tertiary/aromatic N) is 1. The standard InChI is InChI=1S/C22H20ClN3O4/c23-16-8-7-13(11-19(16)26-9-3-6-20(26)27)21(28)25-18(22(29)30)10-14-12-24-17-5-2-1-4-15(14)17/h1-2,4-5,7-8,11-12,18,24H,3,6,9-10H2,(H,25,28)(H,29,30)/t18-/m0/s1. The fourth-order valence-electron chi connectivity index (χ4n) is 3.73. The summed E-state index contributed by atoms with van der Waals surface area (Å²) >= 11 is 6.23. The molecular weight excluding hydrogens is 406 g/mol. The molecule has 1 saturated heterocycles. The lowest BCUT2D eigenvalue weighted by Crippen LogP contribution is -2.42. The minimum atomic E-state index is -1.13. The number of halogens is 1. The molecule has 7 nitrogen and oxygen atoms in total. The Bertz CT molecular complexity index is 1140. The molecule has 1 atom stereocenters. The maximum Gasteiger partial charge on any atom is 0.326 e. The van der Waals surface area contributed by atoms with Crippen molar-refractivity contribution in [1.29, 1.82) is 0 Å². The molecule has 3 aromatic rings. The number of aromatic amines is 1. The van der Waals surface area contributed by atoms with E-state index in [1.165, 1.54) is 12.1 Å². The lowest BCUT2D eigenvalue weighted by atomic mass is 10.0. The van der Waals surface area contributed by atoms with Crippen LogP contribution in [0, 0.1) is 0 Å². The molecule has 1 aromatic heterocycles. The number of benzene rings is 2. The van der Waals surface area contributed by atoms with E-state index in [1.807, 2.05) is 24.3 Å². The van der Waals surface area contributed by atoms with E-state index in [0.29, 0.717) is 23.7 Å². The highest BCUT2D eigenvalue weighted by molar-refractivity contribution is 6.34. The average Bonchev–Trinajstić information content (AvgIpc) is 3.34. The van der Waals surface area contributed by atoms with Crippen molar-refractivity contribution in [3.8, 4) is 0 Å². The van der Waals surface area contributed by atoms with Crippen molar-refractivity contribution >= 4 is 46.0 Å². The van der Waals surface area contributed by atoms with Gasteiger partial charge in [-0.25, -0.2) is 4.79 Å². The molecule has 30 heavy (non-hydrogen) atoms. The normalized spacial score (nSPS) is 14.8. The Hall–Kier alpha value is -3.32. The highest BCUT2D eigenvalue weighted by Crippen LogP contribution is 2.30. The lowest BCUT2D eigenvalue weighted by Gasteiger charge is -2.19. The predicted octanol–water partition coefficient (Wildman–Crippen LogP) is 3.37. The van der Waals surface area contributed by atoms with E-state index < -0.39 is 17.9 Å². The van der Waals surface area contributed by atoms with Gasteiger partial charge in [-0.1, -0.05) is 29.8 Å². The zero-order valence-corrected chi connectivity index (χ0v) is 16.8. The molecule has 1 aliphatic rings. The zero-order valence-electron chi connectivity index (χ0n) is 16.0. The number of rotatable bonds is 6. The first-order chi connectivity index (χ1) is 14.4. The smallest absolute Gasteiger partial charge is 0.326 e. The fraction of sp³-hybridized carbons (Fsp3) is 0.227. The molecular formula is C22H20ClN3O4. The number of carboxylic acid groups (broad SMARTS) is 1. The molecule has 8 heteroatoms. The summed E-state index contributed by atoms with van der Waals surface area (Å²) < 4.78 is 0. The first-order valence-electron chi connectivity index (χ1n) is 9.62. The van der Waals surface area contributed by atoms with Gasteiger partial charge in [0.25, 0.3) is 5.91 Å². The van der Waals surface area contributed by atoms with Crippen LogP contribution in [-0.2, 0) is 16.0 Å². The molecule has 2 amide bonds. The van der Waals surface area contributed by atoms with E-state index in [9.17, 15) is 19.5 Å². The number of aromatic nitrogens is 1. The van der Waals surface area contributed by atoms with Crippen LogP contribution in [0.25, 0.3) is 10.9 Å². The second-order valence-corrected chi connectivity index (χ2v) is 7.65. The molecule has 0 saturated carbocycles. The number of para-hydroxylation sites is 1. The summed E-state index contributed by atoms with van der Waals surface area (Å²) in [6.45, 7) is 0.544. The van der Waals surface area contributed by atoms with Gasteiger partial charge in [0.2, 0.25) is 5.91 Å². The number of amides is 2. The van der Waals surface area contributed by atoms with Gasteiger partial charge in [-0.3, -0.25) is 9.59 Å². The first-order valence-corrected chi connectivity index (χ1v) is 10.0. The first kappa shape index (κ1) is 20.0. The number of H-pyrrole nitrogens is 1. The van der Waals surface area contributed by atoms with Crippen LogP contribution in [0.4, 0.5) is 5.69 Å². The highest BCUT2D eigenvalue weighted by Gasteiger charge is 2.26. The van der Waals surface area contributed by atoms with Crippen LogP contribution in [0.5, 0.6) is 0 Å². The van der Waals surface area contributed by atoms with Gasteiger partial charge >= 0.3 is 5.97 Å². The molecule has 0 spiro atoms. The third-order valence-corrected chi connectivity index (χ3v) is 5.59. The number of nitrogens with one attached hydrogen (secondary N) is 2. The summed E-state index contributed by atoms with van der Waals surface area (Å²) in [5.41, 5.74) is 2.42. The van der Waals surface area contributed by atoms with Crippen LogP contribution >= 0.6 is 11.6 Å². The summed E-state index contributed by atoms with van der Waals surface area (Å²) in [5.74, 6) is -1.71. The number of anilines is 1. The summed E-state index contributed by atoms with van der Waals surface area (Å²) in [5, 5.41) is 13.5. The summed E-state index contributed by atoms with van der Waals surface area (Å²) in [4.78, 5) is 41.3. The van der Waals surface area contributed by atoms with E-state index >= 15 is 0 Å². The minimum Gasteiger partial charge on any atom is -0.480 e. The van der Waals surface area contributed by atoms with Crippen LogP contribution in [0.2, 0.25) is 5.02 Å². The second-order valence-electron chi connectivity index (χ2n) is 7.24. The van der Waals surface area contributed by atoms with E-state index in [1.54, 1.807) is 17.2 Å². The van der Waals surface area contributed by atoms with E-state index in [2.05, 4.69) is 10.3 Å². The quantitative estimate of drug-likeness (QED) is 0.563. The molecule has 0 aliphatic carbocycles. The fourth-order valence-corrected chi connectivity index (χ4v) is 3.95. The maximum absolute atomic E-state index is 12.8. The number of aliphatic carboxylic acids is 1. The van der Waals surface area contributed by atoms with E-state index in [4.69, 9.17) is 11.6 Å². The third-order valence-electron chi connectivity index (χ3n) is 5.27. The molecule has 0 unspecified atom stereocenters. The van der Waals surface area contributed by atoms with Crippen molar-refractivity contribution < 1.29 is 19.5 Å². The van der Waals surface area contributed by atoms with Crippen molar-refractivity contribution in [3.63, 3.8) is 0 Å². The monoisotopic (exact) mass is 425 g/mol. The number of carbonyl (C=O) groups excluding carboxylic acids is 2. The van der Waals surface area contributed by atoms with Gasteiger partial charge in [-0.15, -0.1) is 0 Å². The van der Waals surface area contributed by atoms with Crippen molar-refractivity contribution in [2.45, 2.75) is 25.3 Å². The van der Waals surface area contributed by atoms with Crippen LogP contribution in [0.3, 0.4) is 0 Å². The largest absolute Gasteiger partial charge is 0.480 e. The lowest BCUT2D eigenvalue weighted by molar-refractivity contribution is -0.139. The topological polar surface area (TPSA) is 102 Å². The average molecular weight is 426 g/mol. The minimum absolute atomic E-state index is 0.0443. The van der Waals surface area contributed by atoms with Crippen molar-refractivity contribution in [1.82, 2.24) is 10.3 Å². The summed E-state index contributed by atoms with van der Waals surface area (Å²) in [6, 6.07) is 11.1. The van der Waals surface area contributed by atoms with Gasteiger partial charge in [-0.05, 0) is 36.2 Å². The third kappa shape index (κ3) is 3.89. The Kier molecular flexibility index (Phi) is 5.46. The van der Waals surface area contributed by atoms with Crippen molar-refractivity contribution in [2.75, 3.05) is 11.4 Å². The molecule has 4 rings (SSSR count). The molecule has 1 fully saturated rings. The van der Waals surface area contributed by atoms with Gasteiger partial charge in [0.15, 0.2) is 0 Å². The van der Waals surface area contributed by atoms with Gasteiger partial charge in [-0.2, -0.15) is 0 Å². The number of fused-ring (bicyclic) bond motifs is 1. The number of hydrogen-bond donors (Lipinski definition) is 3. The van der Waals surface area contributed by atoms with Crippen molar-refractivity contribution in [2.24, 2.45) is 0 Å². The Balaban J connectivity index is 1.55. The zero-order chi connectivity index (χ0) is 21.3. The molecule has 1 aliphatic heterocycles. The molecule has 2 heterocycles. The SMILES string of the molecule is O=C(N[C@@H](Cc1c[nH]c2ccccc12)C(=O)O)c1ccc(Cl)c(N2CCCC2=O)c1. The van der Waals surface area contributed by atoms with Crippen molar-refractivity contribution in [3.05, 3.63) is 64.8 Å².